The summed E-state index contributed by atoms with van der Waals surface area (Å²) in [6.07, 6.45) is 1.02. The van der Waals surface area contributed by atoms with E-state index in [2.05, 4.69) is 15.5 Å². The van der Waals surface area contributed by atoms with Crippen molar-refractivity contribution in [3.05, 3.63) is 71.3 Å². The number of hydrogen-bond donors (Lipinski definition) is 0. The Bertz CT molecular complexity index is 1080. The van der Waals surface area contributed by atoms with E-state index in [0.29, 0.717) is 38.2 Å². The van der Waals surface area contributed by atoms with Crippen LogP contribution in [0.25, 0.3) is 0 Å². The molecule has 7 nitrogen and oxygen atoms in total. The monoisotopic (exact) mass is 445 g/mol. The molecule has 1 atom stereocenters. The summed E-state index contributed by atoms with van der Waals surface area (Å²) >= 11 is 0. The zero-order valence-corrected chi connectivity index (χ0v) is 17.4. The minimum atomic E-state index is -0.753. The number of hydrogen-bond acceptors (Lipinski definition) is 5. The molecule has 1 unspecified atom stereocenters. The molecule has 0 aliphatic carbocycles. The Balaban J connectivity index is 1.44. The number of aryl methyl sites for hydroxylation is 1. The van der Waals surface area contributed by atoms with Crippen LogP contribution < -0.4 is 4.74 Å². The molecule has 4 rings (SSSR count). The number of carbonyl (C=O) groups excluding carboxylic acids is 1. The second kappa shape index (κ2) is 9.37. The molecule has 0 bridgehead atoms. The summed E-state index contributed by atoms with van der Waals surface area (Å²) in [6, 6.07) is 8.47. The van der Waals surface area contributed by atoms with Gasteiger partial charge in [0.2, 0.25) is 5.91 Å². The molecule has 2 heterocycles. The Morgan fingerprint density at radius 3 is 2.41 bits per heavy atom. The summed E-state index contributed by atoms with van der Waals surface area (Å²) in [5.41, 5.74) is 0.782. The quantitative estimate of drug-likeness (QED) is 0.583. The van der Waals surface area contributed by atoms with Gasteiger partial charge in [0.15, 0.2) is 11.6 Å². The van der Waals surface area contributed by atoms with E-state index in [1.807, 2.05) is 0 Å². The van der Waals surface area contributed by atoms with E-state index in [1.54, 1.807) is 24.0 Å². The van der Waals surface area contributed by atoms with Crippen LogP contribution in [0.3, 0.4) is 0 Å². The summed E-state index contributed by atoms with van der Waals surface area (Å²) in [7, 11) is 0. The lowest BCUT2D eigenvalue weighted by Gasteiger charge is -2.34. The second-order valence-corrected chi connectivity index (χ2v) is 7.73. The Morgan fingerprint density at radius 1 is 1.09 bits per heavy atom. The molecule has 1 saturated heterocycles. The van der Waals surface area contributed by atoms with Crippen molar-refractivity contribution in [2.24, 2.45) is 0 Å². The van der Waals surface area contributed by atoms with E-state index in [4.69, 9.17) is 4.74 Å². The maximum absolute atomic E-state index is 13.9. The van der Waals surface area contributed by atoms with E-state index in [9.17, 15) is 18.0 Å². The number of likely N-dealkylation sites (tertiary alicyclic amines) is 1. The molecule has 3 aromatic rings. The third-order valence-electron chi connectivity index (χ3n) is 5.52. The van der Waals surface area contributed by atoms with Crippen molar-refractivity contribution >= 4 is 5.91 Å². The first-order valence-electron chi connectivity index (χ1n) is 10.3. The highest BCUT2D eigenvalue weighted by molar-refractivity contribution is 5.80. The van der Waals surface area contributed by atoms with Crippen molar-refractivity contribution in [1.82, 2.24) is 25.1 Å². The van der Waals surface area contributed by atoms with Crippen molar-refractivity contribution in [3.63, 3.8) is 0 Å². The Kier molecular flexibility index (Phi) is 6.38. The summed E-state index contributed by atoms with van der Waals surface area (Å²) in [5, 5.41) is 11.5. The fourth-order valence-electron chi connectivity index (χ4n) is 3.80. The summed E-state index contributed by atoms with van der Waals surface area (Å²) in [4.78, 5) is 15.1. The minimum absolute atomic E-state index is 0.00493. The molecule has 168 valence electrons. The van der Waals surface area contributed by atoms with Gasteiger partial charge in [0.1, 0.15) is 29.6 Å². The maximum atomic E-state index is 13.9. The number of rotatable bonds is 6. The summed E-state index contributed by atoms with van der Waals surface area (Å²) < 4.78 is 47.4. The molecule has 0 saturated carbocycles. The number of tetrazole rings is 1. The van der Waals surface area contributed by atoms with E-state index >= 15 is 0 Å². The predicted molar refractivity (Wildman–Crippen MR) is 108 cm³/mol. The van der Waals surface area contributed by atoms with Gasteiger partial charge < -0.3 is 9.64 Å². The molecule has 1 aromatic heterocycles. The fourth-order valence-corrected chi connectivity index (χ4v) is 3.80. The standard InChI is InChI=1S/C22H22F3N5O2/c1-14-26-27-28-30(14)20(12-15-2-4-16(23)5-3-15)22(31)29-10-8-18(9-11-29)32-21-7-6-17(24)13-19(21)25/h2-7,13,18,20H,8-12H2,1H3. The Labute approximate surface area is 182 Å². The number of halogens is 3. The van der Waals surface area contributed by atoms with Crippen molar-refractivity contribution < 1.29 is 22.7 Å². The van der Waals surface area contributed by atoms with Crippen molar-refractivity contribution in [2.75, 3.05) is 13.1 Å². The van der Waals surface area contributed by atoms with Gasteiger partial charge in [0, 0.05) is 38.4 Å². The largest absolute Gasteiger partial charge is 0.487 e. The molecule has 1 aliphatic rings. The molecule has 1 aliphatic heterocycles. The second-order valence-electron chi connectivity index (χ2n) is 7.73. The lowest BCUT2D eigenvalue weighted by Crippen LogP contribution is -2.45. The van der Waals surface area contributed by atoms with Gasteiger partial charge in [-0.25, -0.2) is 17.9 Å². The normalized spacial score (nSPS) is 15.6. The van der Waals surface area contributed by atoms with Crippen molar-refractivity contribution in [1.29, 1.82) is 0 Å². The third kappa shape index (κ3) is 4.90. The van der Waals surface area contributed by atoms with Gasteiger partial charge >= 0.3 is 0 Å². The first-order chi connectivity index (χ1) is 15.4. The number of ether oxygens (including phenoxy) is 1. The molecule has 0 radical (unpaired) electrons. The van der Waals surface area contributed by atoms with Gasteiger partial charge in [-0.3, -0.25) is 4.79 Å². The van der Waals surface area contributed by atoms with Crippen LogP contribution >= 0.6 is 0 Å². The number of amides is 1. The van der Waals surface area contributed by atoms with E-state index in [-0.39, 0.29) is 23.6 Å². The first kappa shape index (κ1) is 21.8. The van der Waals surface area contributed by atoms with Crippen molar-refractivity contribution in [3.8, 4) is 5.75 Å². The average molecular weight is 445 g/mol. The molecule has 1 amide bonds. The summed E-state index contributed by atoms with van der Waals surface area (Å²) in [6.45, 7) is 2.53. The van der Waals surface area contributed by atoms with Gasteiger partial charge in [-0.15, -0.1) is 5.10 Å². The predicted octanol–water partition coefficient (Wildman–Crippen LogP) is 3.25. The molecular formula is C22H22F3N5O2. The highest BCUT2D eigenvalue weighted by Crippen LogP contribution is 2.25. The zero-order chi connectivity index (χ0) is 22.7. The lowest BCUT2D eigenvalue weighted by atomic mass is 10.0. The summed E-state index contributed by atoms with van der Waals surface area (Å²) in [5.74, 6) is -1.44. The third-order valence-corrected chi connectivity index (χ3v) is 5.52. The fraction of sp³-hybridized carbons (Fsp3) is 0.364. The van der Waals surface area contributed by atoms with Gasteiger partial charge in [0.25, 0.3) is 0 Å². The SMILES string of the molecule is Cc1nnnn1C(Cc1ccc(F)cc1)C(=O)N1CCC(Oc2ccc(F)cc2F)CC1. The minimum Gasteiger partial charge on any atom is -0.487 e. The molecular weight excluding hydrogens is 423 g/mol. The maximum Gasteiger partial charge on any atom is 0.247 e. The highest BCUT2D eigenvalue weighted by Gasteiger charge is 2.32. The van der Waals surface area contributed by atoms with E-state index < -0.39 is 17.7 Å². The van der Waals surface area contributed by atoms with Crippen LogP contribution in [-0.2, 0) is 11.2 Å². The van der Waals surface area contributed by atoms with Crippen LogP contribution in [0.1, 0.15) is 30.3 Å². The molecule has 32 heavy (non-hydrogen) atoms. The number of carbonyl (C=O) groups is 1. The van der Waals surface area contributed by atoms with Gasteiger partial charge in [-0.2, -0.15) is 0 Å². The van der Waals surface area contributed by atoms with Crippen LogP contribution in [0.2, 0.25) is 0 Å². The van der Waals surface area contributed by atoms with Gasteiger partial charge in [-0.1, -0.05) is 12.1 Å². The lowest BCUT2D eigenvalue weighted by molar-refractivity contribution is -0.137. The van der Waals surface area contributed by atoms with Crippen LogP contribution in [0.5, 0.6) is 5.75 Å². The van der Waals surface area contributed by atoms with Crippen molar-refractivity contribution in [2.45, 2.75) is 38.3 Å². The number of aromatic nitrogens is 4. The molecule has 0 spiro atoms. The number of nitrogens with zero attached hydrogens (tertiary/aromatic N) is 5. The van der Waals surface area contributed by atoms with Gasteiger partial charge in [-0.05, 0) is 47.2 Å². The van der Waals surface area contributed by atoms with Crippen LogP contribution in [0.4, 0.5) is 13.2 Å². The van der Waals surface area contributed by atoms with Crippen LogP contribution in [0, 0.1) is 24.4 Å². The molecule has 1 fully saturated rings. The molecule has 2 aromatic carbocycles. The molecule has 0 N–H and O–H groups in total. The Morgan fingerprint density at radius 2 is 1.78 bits per heavy atom. The Hall–Kier alpha value is -3.43. The topological polar surface area (TPSA) is 73.1 Å². The highest BCUT2D eigenvalue weighted by atomic mass is 19.1. The molecule has 10 heteroatoms. The van der Waals surface area contributed by atoms with Gasteiger partial charge in [0.05, 0.1) is 0 Å². The smallest absolute Gasteiger partial charge is 0.247 e. The number of piperidine rings is 1. The zero-order valence-electron chi connectivity index (χ0n) is 17.4. The number of benzene rings is 2. The van der Waals surface area contributed by atoms with Crippen LogP contribution in [-0.4, -0.2) is 50.2 Å². The average Bonchev–Trinajstić information content (AvgIpc) is 3.21. The van der Waals surface area contributed by atoms with Crippen LogP contribution in [0.15, 0.2) is 42.5 Å². The first-order valence-corrected chi connectivity index (χ1v) is 10.3. The van der Waals surface area contributed by atoms with E-state index in [0.717, 1.165) is 17.7 Å². The van der Waals surface area contributed by atoms with E-state index in [1.165, 1.54) is 22.9 Å².